The van der Waals surface area contributed by atoms with E-state index in [1.807, 2.05) is 31.2 Å². The summed E-state index contributed by atoms with van der Waals surface area (Å²) >= 11 is 3.37. The van der Waals surface area contributed by atoms with Crippen molar-refractivity contribution >= 4 is 27.5 Å². The molecule has 0 bridgehead atoms. The van der Waals surface area contributed by atoms with Crippen LogP contribution in [0, 0.1) is 0 Å². The van der Waals surface area contributed by atoms with Crippen molar-refractivity contribution in [3.8, 4) is 0 Å². The molecule has 0 unspecified atom stereocenters. The molecule has 104 valence electrons. The number of nitrogens with zero attached hydrogens (tertiary/aromatic N) is 1. The molecule has 0 saturated carbocycles. The molecule has 1 saturated heterocycles. The van der Waals surface area contributed by atoms with Gasteiger partial charge in [-0.3, -0.25) is 9.69 Å². The van der Waals surface area contributed by atoms with Gasteiger partial charge in [-0.1, -0.05) is 22.0 Å². The first-order chi connectivity index (χ1) is 8.94. The van der Waals surface area contributed by atoms with E-state index in [1.54, 1.807) is 0 Å². The summed E-state index contributed by atoms with van der Waals surface area (Å²) < 4.78 is 0.944. The number of benzene rings is 1. The lowest BCUT2D eigenvalue weighted by Gasteiger charge is -2.35. The summed E-state index contributed by atoms with van der Waals surface area (Å²) in [5.74, 6) is -0.0142. The number of hydrogen-bond donors (Lipinski definition) is 2. The maximum absolute atomic E-state index is 11.9. The first kappa shape index (κ1) is 14.5. The number of amides is 1. The normalized spacial score (nSPS) is 19.1. The lowest BCUT2D eigenvalue weighted by atomic mass is 9.94. The molecule has 1 aromatic carbocycles. The number of carbonyl (C=O) groups excluding carboxylic acids is 1. The van der Waals surface area contributed by atoms with Crippen LogP contribution in [0.1, 0.15) is 19.8 Å². The van der Waals surface area contributed by atoms with Gasteiger partial charge in [0, 0.05) is 23.2 Å². The van der Waals surface area contributed by atoms with Crippen LogP contribution in [0.2, 0.25) is 0 Å². The van der Waals surface area contributed by atoms with Crippen molar-refractivity contribution in [3.05, 3.63) is 28.7 Å². The Labute approximate surface area is 121 Å². The number of carbonyl (C=O) groups is 1. The summed E-state index contributed by atoms with van der Waals surface area (Å²) in [6.45, 7) is 3.76. The predicted molar refractivity (Wildman–Crippen MR) is 79.1 cm³/mol. The molecule has 1 fully saturated rings. The first-order valence-corrected chi connectivity index (χ1v) is 7.24. The summed E-state index contributed by atoms with van der Waals surface area (Å²) in [5.41, 5.74) is 0.223. The first-order valence-electron chi connectivity index (χ1n) is 6.45. The molecule has 1 aliphatic heterocycles. The largest absolute Gasteiger partial charge is 0.390 e. The highest BCUT2D eigenvalue weighted by atomic mass is 79.9. The third-order valence-electron chi connectivity index (χ3n) is 3.41. The fourth-order valence-corrected chi connectivity index (χ4v) is 2.56. The minimum Gasteiger partial charge on any atom is -0.390 e. The van der Waals surface area contributed by atoms with E-state index in [2.05, 4.69) is 26.1 Å². The van der Waals surface area contributed by atoms with Gasteiger partial charge in [0.15, 0.2) is 0 Å². The van der Waals surface area contributed by atoms with Crippen LogP contribution < -0.4 is 5.32 Å². The van der Waals surface area contributed by atoms with Crippen LogP contribution in [0.3, 0.4) is 0 Å². The van der Waals surface area contributed by atoms with E-state index < -0.39 is 5.60 Å². The summed E-state index contributed by atoms with van der Waals surface area (Å²) in [5, 5.41) is 12.7. The maximum atomic E-state index is 11.9. The number of likely N-dealkylation sites (tertiary alicyclic amines) is 1. The maximum Gasteiger partial charge on any atom is 0.238 e. The molecule has 0 spiro atoms. The highest BCUT2D eigenvalue weighted by Crippen LogP contribution is 2.21. The third kappa shape index (κ3) is 4.60. The summed E-state index contributed by atoms with van der Waals surface area (Å²) in [6, 6.07) is 7.54. The summed E-state index contributed by atoms with van der Waals surface area (Å²) in [7, 11) is 0. The molecule has 19 heavy (non-hydrogen) atoms. The van der Waals surface area contributed by atoms with Crippen LogP contribution in [-0.2, 0) is 4.79 Å². The second-order valence-corrected chi connectivity index (χ2v) is 6.25. The Balaban J connectivity index is 1.82. The minimum atomic E-state index is -0.572. The van der Waals surface area contributed by atoms with E-state index in [1.165, 1.54) is 0 Å². The molecule has 2 N–H and O–H groups in total. The topological polar surface area (TPSA) is 52.6 Å². The summed E-state index contributed by atoms with van der Waals surface area (Å²) in [4.78, 5) is 14.0. The summed E-state index contributed by atoms with van der Waals surface area (Å²) in [6.07, 6.45) is 1.44. The fourth-order valence-electron chi connectivity index (χ4n) is 2.16. The second kappa shape index (κ2) is 6.03. The lowest BCUT2D eigenvalue weighted by molar-refractivity contribution is -0.118. The van der Waals surface area contributed by atoms with Gasteiger partial charge in [-0.25, -0.2) is 0 Å². The zero-order valence-electron chi connectivity index (χ0n) is 11.0. The molecule has 1 heterocycles. The highest BCUT2D eigenvalue weighted by molar-refractivity contribution is 9.10. The van der Waals surface area contributed by atoms with Crippen LogP contribution in [0.15, 0.2) is 28.7 Å². The monoisotopic (exact) mass is 326 g/mol. The Bertz CT molecular complexity index is 453. The van der Waals surface area contributed by atoms with Crippen LogP contribution in [0.25, 0.3) is 0 Å². The van der Waals surface area contributed by atoms with Gasteiger partial charge in [0.1, 0.15) is 0 Å². The molecular weight excluding hydrogens is 308 g/mol. The molecule has 4 nitrogen and oxygen atoms in total. The Kier molecular flexibility index (Phi) is 4.60. The van der Waals surface area contributed by atoms with Crippen molar-refractivity contribution in [2.24, 2.45) is 0 Å². The standard InChI is InChI=1S/C14H19BrN2O2/c1-14(19)5-7-17(8-6-14)10-13(18)16-12-4-2-3-11(15)9-12/h2-4,9,19H,5-8,10H2,1H3,(H,16,18). The zero-order chi connectivity index (χ0) is 13.9. The van der Waals surface area contributed by atoms with Gasteiger partial charge in [-0.15, -0.1) is 0 Å². The second-order valence-electron chi connectivity index (χ2n) is 5.33. The fraction of sp³-hybridized carbons (Fsp3) is 0.500. The molecule has 1 aromatic rings. The minimum absolute atomic E-state index is 0.0142. The van der Waals surface area contributed by atoms with Crippen molar-refractivity contribution in [3.63, 3.8) is 0 Å². The van der Waals surface area contributed by atoms with Gasteiger partial charge >= 0.3 is 0 Å². The smallest absolute Gasteiger partial charge is 0.238 e. The Hall–Kier alpha value is -0.910. The molecule has 0 atom stereocenters. The number of rotatable bonds is 3. The van der Waals surface area contributed by atoms with Gasteiger partial charge in [0.05, 0.1) is 12.1 Å². The average molecular weight is 327 g/mol. The predicted octanol–water partition coefficient (Wildman–Crippen LogP) is 2.23. The SMILES string of the molecule is CC1(O)CCN(CC(=O)Nc2cccc(Br)c2)CC1. The van der Waals surface area contributed by atoms with Crippen LogP contribution in [0.4, 0.5) is 5.69 Å². The zero-order valence-corrected chi connectivity index (χ0v) is 12.6. The molecular formula is C14H19BrN2O2. The van der Waals surface area contributed by atoms with E-state index in [-0.39, 0.29) is 5.91 Å². The molecule has 5 heteroatoms. The van der Waals surface area contributed by atoms with Crippen molar-refractivity contribution < 1.29 is 9.90 Å². The van der Waals surface area contributed by atoms with Crippen molar-refractivity contribution in [2.75, 3.05) is 25.0 Å². The number of nitrogens with one attached hydrogen (secondary N) is 1. The van der Waals surface area contributed by atoms with Gasteiger partial charge < -0.3 is 10.4 Å². The van der Waals surface area contributed by atoms with Crippen LogP contribution in [-0.4, -0.2) is 41.1 Å². The molecule has 1 aliphatic rings. The van der Waals surface area contributed by atoms with Crippen LogP contribution in [0.5, 0.6) is 0 Å². The molecule has 0 aromatic heterocycles. The Morgan fingerprint density at radius 2 is 2.16 bits per heavy atom. The van der Waals surface area contributed by atoms with Crippen molar-refractivity contribution in [1.29, 1.82) is 0 Å². The van der Waals surface area contributed by atoms with Crippen molar-refractivity contribution in [1.82, 2.24) is 4.90 Å². The number of anilines is 1. The van der Waals surface area contributed by atoms with Crippen LogP contribution >= 0.6 is 15.9 Å². The van der Waals surface area contributed by atoms with Gasteiger partial charge in [-0.05, 0) is 38.0 Å². The van der Waals surface area contributed by atoms with E-state index >= 15 is 0 Å². The highest BCUT2D eigenvalue weighted by Gasteiger charge is 2.27. The molecule has 0 radical (unpaired) electrons. The lowest BCUT2D eigenvalue weighted by Crippen LogP contribution is -2.45. The molecule has 0 aliphatic carbocycles. The van der Waals surface area contributed by atoms with Gasteiger partial charge in [-0.2, -0.15) is 0 Å². The Morgan fingerprint density at radius 3 is 2.79 bits per heavy atom. The van der Waals surface area contributed by atoms with Gasteiger partial charge in [0.25, 0.3) is 0 Å². The number of halogens is 1. The quantitative estimate of drug-likeness (QED) is 0.895. The van der Waals surface area contributed by atoms with Crippen molar-refractivity contribution in [2.45, 2.75) is 25.4 Å². The molecule has 1 amide bonds. The van der Waals surface area contributed by atoms with E-state index in [9.17, 15) is 9.90 Å². The number of aliphatic hydroxyl groups is 1. The van der Waals surface area contributed by atoms with Gasteiger partial charge in [0.2, 0.25) is 5.91 Å². The third-order valence-corrected chi connectivity index (χ3v) is 3.90. The molecule has 2 rings (SSSR count). The average Bonchev–Trinajstić information content (AvgIpc) is 2.32. The number of piperidine rings is 1. The Morgan fingerprint density at radius 1 is 1.47 bits per heavy atom. The number of hydrogen-bond acceptors (Lipinski definition) is 3. The van der Waals surface area contributed by atoms with E-state index in [0.29, 0.717) is 6.54 Å². The van der Waals surface area contributed by atoms with E-state index in [4.69, 9.17) is 0 Å². The van der Waals surface area contributed by atoms with E-state index in [0.717, 1.165) is 36.1 Å².